The molecule has 0 unspecified atom stereocenters. The third kappa shape index (κ3) is 4.12. The number of amides is 1. The van der Waals surface area contributed by atoms with E-state index in [2.05, 4.69) is 11.8 Å². The van der Waals surface area contributed by atoms with Crippen molar-refractivity contribution in [1.29, 1.82) is 0 Å². The van der Waals surface area contributed by atoms with Gasteiger partial charge in [-0.15, -0.1) is 0 Å². The van der Waals surface area contributed by atoms with Gasteiger partial charge in [0.05, 0.1) is 0 Å². The molecular formula is C13H26N2O. The Labute approximate surface area is 99.8 Å². The van der Waals surface area contributed by atoms with Gasteiger partial charge in [0, 0.05) is 26.1 Å². The molecule has 0 bridgehead atoms. The van der Waals surface area contributed by atoms with E-state index in [1.807, 2.05) is 26.0 Å². The molecule has 0 aromatic carbocycles. The molecule has 0 atom stereocenters. The molecule has 1 amide bonds. The number of carbonyl (C=O) groups excluding carboxylic acids is 1. The largest absolute Gasteiger partial charge is 0.343 e. The van der Waals surface area contributed by atoms with Crippen LogP contribution in [-0.4, -0.2) is 49.4 Å². The Balaban J connectivity index is 2.32. The van der Waals surface area contributed by atoms with E-state index in [-0.39, 0.29) is 0 Å². The van der Waals surface area contributed by atoms with Crippen LogP contribution in [0.1, 0.15) is 39.0 Å². The second-order valence-electron chi connectivity index (χ2n) is 5.47. The van der Waals surface area contributed by atoms with Gasteiger partial charge in [-0.2, -0.15) is 0 Å². The van der Waals surface area contributed by atoms with Crippen LogP contribution in [-0.2, 0) is 4.79 Å². The molecule has 3 heteroatoms. The maximum Gasteiger partial charge on any atom is 0.223 e. The molecule has 0 spiro atoms. The Morgan fingerprint density at radius 2 is 1.69 bits per heavy atom. The molecule has 3 nitrogen and oxygen atoms in total. The third-order valence-electron chi connectivity index (χ3n) is 3.70. The minimum atomic E-state index is 0.299. The van der Waals surface area contributed by atoms with Crippen molar-refractivity contribution in [1.82, 2.24) is 9.80 Å². The summed E-state index contributed by atoms with van der Waals surface area (Å²) in [6, 6.07) is 0.492. The molecule has 0 aliphatic heterocycles. The fraction of sp³-hybridized carbons (Fsp3) is 0.923. The summed E-state index contributed by atoms with van der Waals surface area (Å²) >= 11 is 0. The fourth-order valence-electron chi connectivity index (χ4n) is 2.33. The van der Waals surface area contributed by atoms with Gasteiger partial charge in [0.2, 0.25) is 5.91 Å². The van der Waals surface area contributed by atoms with Crippen molar-refractivity contribution in [3.8, 4) is 0 Å². The molecule has 1 aliphatic carbocycles. The first-order valence-corrected chi connectivity index (χ1v) is 6.41. The van der Waals surface area contributed by atoms with Gasteiger partial charge in [-0.25, -0.2) is 0 Å². The number of carbonyl (C=O) groups is 1. The van der Waals surface area contributed by atoms with Gasteiger partial charge in [0.15, 0.2) is 0 Å². The zero-order chi connectivity index (χ0) is 12.1. The van der Waals surface area contributed by atoms with Crippen LogP contribution in [0.25, 0.3) is 0 Å². The van der Waals surface area contributed by atoms with Crippen LogP contribution in [0.4, 0.5) is 0 Å². The summed E-state index contributed by atoms with van der Waals surface area (Å²) in [5.41, 5.74) is 0. The first kappa shape index (κ1) is 13.5. The highest BCUT2D eigenvalue weighted by Gasteiger charge is 2.24. The lowest BCUT2D eigenvalue weighted by Crippen LogP contribution is -2.40. The molecule has 0 heterocycles. The smallest absolute Gasteiger partial charge is 0.223 e. The van der Waals surface area contributed by atoms with Crippen molar-refractivity contribution in [3.63, 3.8) is 0 Å². The van der Waals surface area contributed by atoms with E-state index in [4.69, 9.17) is 0 Å². The molecule has 94 valence electrons. The molecule has 0 saturated heterocycles. The zero-order valence-electron chi connectivity index (χ0n) is 11.2. The number of hydrogen-bond donors (Lipinski definition) is 0. The lowest BCUT2D eigenvalue weighted by molar-refractivity contribution is -0.132. The van der Waals surface area contributed by atoms with Crippen molar-refractivity contribution < 1.29 is 4.79 Å². The second-order valence-corrected chi connectivity index (χ2v) is 5.47. The second kappa shape index (κ2) is 6.24. The van der Waals surface area contributed by atoms with Crippen molar-refractivity contribution in [2.75, 3.05) is 27.7 Å². The van der Waals surface area contributed by atoms with E-state index >= 15 is 0 Å². The Hall–Kier alpha value is -0.570. The predicted octanol–water partition coefficient (Wildman–Crippen LogP) is 1.98. The Morgan fingerprint density at radius 3 is 2.19 bits per heavy atom. The van der Waals surface area contributed by atoms with E-state index in [0.29, 0.717) is 18.4 Å². The molecule has 1 saturated carbocycles. The maximum absolute atomic E-state index is 11.9. The molecule has 0 radical (unpaired) electrons. The standard InChI is InChI=1S/C13H26N2O/c1-11-5-7-12(8-6-11)15(4)13(16)9-10-14(2)3/h11-12H,5-10H2,1-4H3. The summed E-state index contributed by atoms with van der Waals surface area (Å²) in [6.07, 6.45) is 5.57. The van der Waals surface area contributed by atoms with Crippen LogP contribution >= 0.6 is 0 Å². The monoisotopic (exact) mass is 226 g/mol. The highest BCUT2D eigenvalue weighted by molar-refractivity contribution is 5.76. The molecule has 0 N–H and O–H groups in total. The van der Waals surface area contributed by atoms with Crippen LogP contribution in [0.2, 0.25) is 0 Å². The van der Waals surface area contributed by atoms with E-state index in [0.717, 1.165) is 12.5 Å². The normalized spacial score (nSPS) is 25.8. The molecule has 1 rings (SSSR count). The number of rotatable bonds is 4. The summed E-state index contributed by atoms with van der Waals surface area (Å²) < 4.78 is 0. The van der Waals surface area contributed by atoms with Crippen LogP contribution in [0, 0.1) is 5.92 Å². The van der Waals surface area contributed by atoms with E-state index in [9.17, 15) is 4.79 Å². The van der Waals surface area contributed by atoms with Gasteiger partial charge in [-0.1, -0.05) is 6.92 Å². The average molecular weight is 226 g/mol. The summed E-state index contributed by atoms with van der Waals surface area (Å²) in [7, 11) is 5.99. The van der Waals surface area contributed by atoms with Crippen LogP contribution < -0.4 is 0 Å². The van der Waals surface area contributed by atoms with Gasteiger partial charge in [0.25, 0.3) is 0 Å². The summed E-state index contributed by atoms with van der Waals surface area (Å²) in [5, 5.41) is 0. The van der Waals surface area contributed by atoms with E-state index < -0.39 is 0 Å². The molecule has 1 fully saturated rings. The fourth-order valence-corrected chi connectivity index (χ4v) is 2.33. The first-order chi connectivity index (χ1) is 7.50. The number of nitrogens with zero attached hydrogens (tertiary/aromatic N) is 2. The van der Waals surface area contributed by atoms with Crippen molar-refractivity contribution in [2.45, 2.75) is 45.1 Å². The molecule has 0 aromatic rings. The van der Waals surface area contributed by atoms with Crippen LogP contribution in [0.3, 0.4) is 0 Å². The van der Waals surface area contributed by atoms with Gasteiger partial charge in [-0.3, -0.25) is 4.79 Å². The SMILES string of the molecule is CC1CCC(N(C)C(=O)CCN(C)C)CC1. The van der Waals surface area contributed by atoms with E-state index in [1.165, 1.54) is 25.7 Å². The Kier molecular flexibility index (Phi) is 5.26. The molecule has 1 aliphatic rings. The maximum atomic E-state index is 11.9. The Bertz CT molecular complexity index is 220. The Morgan fingerprint density at radius 1 is 1.12 bits per heavy atom. The summed E-state index contributed by atoms with van der Waals surface area (Å²) in [5.74, 6) is 1.15. The number of hydrogen-bond acceptors (Lipinski definition) is 2. The zero-order valence-corrected chi connectivity index (χ0v) is 11.2. The van der Waals surface area contributed by atoms with Crippen molar-refractivity contribution >= 4 is 5.91 Å². The highest BCUT2D eigenvalue weighted by atomic mass is 16.2. The minimum absolute atomic E-state index is 0.299. The minimum Gasteiger partial charge on any atom is -0.343 e. The van der Waals surface area contributed by atoms with Crippen LogP contribution in [0.5, 0.6) is 0 Å². The molecular weight excluding hydrogens is 200 g/mol. The lowest BCUT2D eigenvalue weighted by Gasteiger charge is -2.33. The van der Waals surface area contributed by atoms with Gasteiger partial charge in [0.1, 0.15) is 0 Å². The van der Waals surface area contributed by atoms with Gasteiger partial charge in [-0.05, 0) is 45.7 Å². The first-order valence-electron chi connectivity index (χ1n) is 6.41. The topological polar surface area (TPSA) is 23.6 Å². The third-order valence-corrected chi connectivity index (χ3v) is 3.70. The predicted molar refractivity (Wildman–Crippen MR) is 67.4 cm³/mol. The summed E-state index contributed by atoms with van der Waals surface area (Å²) in [4.78, 5) is 16.0. The van der Waals surface area contributed by atoms with Gasteiger partial charge >= 0.3 is 0 Å². The van der Waals surface area contributed by atoms with Crippen LogP contribution in [0.15, 0.2) is 0 Å². The molecule has 0 aromatic heterocycles. The summed E-state index contributed by atoms with van der Waals surface area (Å²) in [6.45, 7) is 3.16. The van der Waals surface area contributed by atoms with Crippen molar-refractivity contribution in [3.05, 3.63) is 0 Å². The highest BCUT2D eigenvalue weighted by Crippen LogP contribution is 2.26. The van der Waals surface area contributed by atoms with Gasteiger partial charge < -0.3 is 9.80 Å². The average Bonchev–Trinajstić information content (AvgIpc) is 2.26. The molecule has 16 heavy (non-hydrogen) atoms. The van der Waals surface area contributed by atoms with E-state index in [1.54, 1.807) is 0 Å². The quantitative estimate of drug-likeness (QED) is 0.732. The lowest BCUT2D eigenvalue weighted by atomic mass is 9.86. The van der Waals surface area contributed by atoms with Crippen molar-refractivity contribution in [2.24, 2.45) is 5.92 Å².